The highest BCUT2D eigenvalue weighted by molar-refractivity contribution is 5.85. The molecular weight excluding hydrogens is 307 g/mol. The molecule has 2 aliphatic heterocycles. The fraction of sp³-hybridized carbons (Fsp3) is 0.562. The fourth-order valence-electron chi connectivity index (χ4n) is 3.01. The smallest absolute Gasteiger partial charge is 0.239 e. The van der Waals surface area contributed by atoms with Crippen molar-refractivity contribution in [3.8, 4) is 0 Å². The lowest BCUT2D eigenvalue weighted by atomic mass is 10.0. The molecule has 1 aromatic rings. The van der Waals surface area contributed by atoms with Crippen LogP contribution in [0.25, 0.3) is 0 Å². The Kier molecular flexibility index (Phi) is 6.17. The highest BCUT2D eigenvalue weighted by Crippen LogP contribution is 2.23. The van der Waals surface area contributed by atoms with Crippen LogP contribution >= 0.6 is 12.4 Å². The van der Waals surface area contributed by atoms with Crippen LogP contribution in [0, 0.1) is 5.82 Å². The number of hydrogen-bond acceptors (Lipinski definition) is 3. The molecule has 0 radical (unpaired) electrons. The molecule has 2 atom stereocenters. The van der Waals surface area contributed by atoms with E-state index in [0.717, 1.165) is 31.4 Å². The third-order valence-electron chi connectivity index (χ3n) is 4.23. The molecule has 1 amide bonds. The second-order valence-electron chi connectivity index (χ2n) is 5.70. The van der Waals surface area contributed by atoms with Crippen molar-refractivity contribution in [3.63, 3.8) is 0 Å². The van der Waals surface area contributed by atoms with Crippen molar-refractivity contribution in [1.82, 2.24) is 10.2 Å². The number of halogens is 2. The maximum absolute atomic E-state index is 13.0. The van der Waals surface area contributed by atoms with Gasteiger partial charge in [0.25, 0.3) is 0 Å². The molecule has 2 heterocycles. The first-order chi connectivity index (χ1) is 10.2. The van der Waals surface area contributed by atoms with Gasteiger partial charge in [0.15, 0.2) is 0 Å². The summed E-state index contributed by atoms with van der Waals surface area (Å²) in [5.74, 6) is -0.0843. The lowest BCUT2D eigenvalue weighted by Gasteiger charge is -2.36. The van der Waals surface area contributed by atoms with Gasteiger partial charge < -0.3 is 15.0 Å². The molecule has 22 heavy (non-hydrogen) atoms. The number of carbonyl (C=O) groups excluding carboxylic acids is 1. The number of hydrogen-bond donors (Lipinski definition) is 1. The van der Waals surface area contributed by atoms with E-state index in [1.807, 2.05) is 4.90 Å². The van der Waals surface area contributed by atoms with Crippen molar-refractivity contribution in [2.24, 2.45) is 0 Å². The van der Waals surface area contributed by atoms with Gasteiger partial charge in [-0.1, -0.05) is 18.6 Å². The van der Waals surface area contributed by atoms with Crippen molar-refractivity contribution in [2.75, 3.05) is 26.2 Å². The topological polar surface area (TPSA) is 41.6 Å². The van der Waals surface area contributed by atoms with Crippen LogP contribution in [0.15, 0.2) is 24.3 Å². The first kappa shape index (κ1) is 17.2. The third kappa shape index (κ3) is 3.97. The van der Waals surface area contributed by atoms with Crippen LogP contribution in [-0.2, 0) is 9.53 Å². The van der Waals surface area contributed by atoms with Gasteiger partial charge in [0, 0.05) is 6.54 Å². The van der Waals surface area contributed by atoms with E-state index < -0.39 is 0 Å². The van der Waals surface area contributed by atoms with Gasteiger partial charge >= 0.3 is 0 Å². The van der Waals surface area contributed by atoms with Crippen molar-refractivity contribution in [2.45, 2.75) is 31.4 Å². The monoisotopic (exact) mass is 328 g/mol. The molecule has 4 nitrogen and oxygen atoms in total. The van der Waals surface area contributed by atoms with E-state index in [-0.39, 0.29) is 36.3 Å². The number of rotatable bonds is 2. The summed E-state index contributed by atoms with van der Waals surface area (Å²) in [6, 6.07) is 6.27. The minimum absolute atomic E-state index is 0. The summed E-state index contributed by atoms with van der Waals surface area (Å²) >= 11 is 0. The zero-order valence-corrected chi connectivity index (χ0v) is 13.3. The molecule has 122 valence electrons. The molecule has 3 rings (SSSR count). The lowest BCUT2D eigenvalue weighted by molar-refractivity contribution is -0.141. The van der Waals surface area contributed by atoms with E-state index in [9.17, 15) is 9.18 Å². The van der Waals surface area contributed by atoms with E-state index in [2.05, 4.69) is 5.32 Å². The van der Waals surface area contributed by atoms with Gasteiger partial charge in [-0.25, -0.2) is 4.39 Å². The molecule has 0 saturated carbocycles. The van der Waals surface area contributed by atoms with Gasteiger partial charge in [0.2, 0.25) is 5.91 Å². The lowest BCUT2D eigenvalue weighted by Crippen LogP contribution is -2.52. The summed E-state index contributed by atoms with van der Waals surface area (Å²) < 4.78 is 18.7. The van der Waals surface area contributed by atoms with Crippen LogP contribution in [0.3, 0.4) is 0 Å². The predicted octanol–water partition coefficient (Wildman–Crippen LogP) is 2.29. The Balaban J connectivity index is 0.00000176. The molecule has 0 spiro atoms. The van der Waals surface area contributed by atoms with Crippen LogP contribution in [0.4, 0.5) is 4.39 Å². The summed E-state index contributed by atoms with van der Waals surface area (Å²) in [6.45, 7) is 2.62. The first-order valence-electron chi connectivity index (χ1n) is 7.63. The Hall–Kier alpha value is -1.17. The summed E-state index contributed by atoms with van der Waals surface area (Å²) in [7, 11) is 0. The molecule has 2 saturated heterocycles. The molecule has 2 aliphatic rings. The van der Waals surface area contributed by atoms with Crippen LogP contribution in [0.2, 0.25) is 0 Å². The highest BCUT2D eigenvalue weighted by Gasteiger charge is 2.30. The minimum atomic E-state index is -0.256. The van der Waals surface area contributed by atoms with Crippen LogP contribution in [0.5, 0.6) is 0 Å². The van der Waals surface area contributed by atoms with E-state index in [4.69, 9.17) is 4.74 Å². The number of benzene rings is 1. The number of ether oxygens (including phenoxy) is 1. The summed E-state index contributed by atoms with van der Waals surface area (Å²) in [5.41, 5.74) is 0.922. The van der Waals surface area contributed by atoms with Gasteiger partial charge in [-0.3, -0.25) is 4.79 Å². The molecule has 0 aromatic heterocycles. The molecule has 0 bridgehead atoms. The summed E-state index contributed by atoms with van der Waals surface area (Å²) in [4.78, 5) is 14.4. The number of nitrogens with one attached hydrogen (secondary N) is 1. The second kappa shape index (κ2) is 7.90. The second-order valence-corrected chi connectivity index (χ2v) is 5.70. The number of morpholine rings is 1. The maximum atomic E-state index is 13.0. The Labute approximate surface area is 136 Å². The Morgan fingerprint density at radius 1 is 1.27 bits per heavy atom. The van der Waals surface area contributed by atoms with E-state index in [1.165, 1.54) is 12.1 Å². The number of piperidine rings is 1. The molecule has 1 aromatic carbocycles. The van der Waals surface area contributed by atoms with Crippen molar-refractivity contribution < 1.29 is 13.9 Å². The largest absolute Gasteiger partial charge is 0.370 e. The van der Waals surface area contributed by atoms with Gasteiger partial charge in [-0.05, 0) is 37.1 Å². The molecule has 1 unspecified atom stereocenters. The third-order valence-corrected chi connectivity index (χ3v) is 4.23. The predicted molar refractivity (Wildman–Crippen MR) is 84.6 cm³/mol. The Morgan fingerprint density at radius 2 is 2.05 bits per heavy atom. The molecule has 1 N–H and O–H groups in total. The van der Waals surface area contributed by atoms with E-state index >= 15 is 0 Å². The van der Waals surface area contributed by atoms with Crippen LogP contribution in [0.1, 0.15) is 30.9 Å². The zero-order chi connectivity index (χ0) is 14.7. The first-order valence-corrected chi connectivity index (χ1v) is 7.63. The Morgan fingerprint density at radius 3 is 2.73 bits per heavy atom. The van der Waals surface area contributed by atoms with Crippen LogP contribution < -0.4 is 5.32 Å². The van der Waals surface area contributed by atoms with Gasteiger partial charge in [0.1, 0.15) is 11.9 Å². The number of nitrogens with zero attached hydrogens (tertiary/aromatic N) is 1. The molecule has 6 heteroatoms. The van der Waals surface area contributed by atoms with Gasteiger partial charge in [-0.2, -0.15) is 0 Å². The van der Waals surface area contributed by atoms with Crippen LogP contribution in [-0.4, -0.2) is 43.1 Å². The van der Waals surface area contributed by atoms with Gasteiger partial charge in [-0.15, -0.1) is 12.4 Å². The molecule has 2 fully saturated rings. The fourth-order valence-corrected chi connectivity index (χ4v) is 3.01. The zero-order valence-electron chi connectivity index (χ0n) is 12.5. The number of carbonyl (C=O) groups is 1. The normalized spacial score (nSPS) is 25.4. The van der Waals surface area contributed by atoms with Gasteiger partial charge in [0.05, 0.1) is 19.2 Å². The summed E-state index contributed by atoms with van der Waals surface area (Å²) in [5, 5.41) is 3.30. The van der Waals surface area contributed by atoms with Crippen molar-refractivity contribution >= 4 is 18.3 Å². The maximum Gasteiger partial charge on any atom is 0.239 e. The molecular formula is C16H22ClFN2O2. The standard InChI is InChI=1S/C16H21FN2O2.ClH/c17-13-6-4-12(5-7-13)15-11-19(9-10-21-15)16(20)14-3-1-2-8-18-14;/h4-7,14-15,18H,1-3,8-11H2;1H/t14-,15?;/m0./s1. The Bertz CT molecular complexity index is 491. The SMILES string of the molecule is Cl.O=C([C@@H]1CCCCN1)N1CCOC(c2ccc(F)cc2)C1. The summed E-state index contributed by atoms with van der Waals surface area (Å²) in [6.07, 6.45) is 3.00. The van der Waals surface area contributed by atoms with E-state index in [1.54, 1.807) is 12.1 Å². The molecule has 0 aliphatic carbocycles. The number of amides is 1. The quantitative estimate of drug-likeness (QED) is 0.905. The highest BCUT2D eigenvalue weighted by atomic mass is 35.5. The van der Waals surface area contributed by atoms with Crippen molar-refractivity contribution in [1.29, 1.82) is 0 Å². The van der Waals surface area contributed by atoms with E-state index in [0.29, 0.717) is 19.7 Å². The average molecular weight is 329 g/mol. The minimum Gasteiger partial charge on any atom is -0.370 e. The van der Waals surface area contributed by atoms with Crippen molar-refractivity contribution in [3.05, 3.63) is 35.6 Å². The average Bonchev–Trinajstić information content (AvgIpc) is 2.56.